The zero-order valence-corrected chi connectivity index (χ0v) is 27.9. The summed E-state index contributed by atoms with van der Waals surface area (Å²) in [7, 11) is 2.19. The maximum absolute atomic E-state index is 14.4. The number of anilines is 1. The van der Waals surface area contributed by atoms with Gasteiger partial charge in [-0.3, -0.25) is 9.59 Å². The van der Waals surface area contributed by atoms with Gasteiger partial charge in [0.25, 0.3) is 5.91 Å². The Hall–Kier alpha value is -2.94. The number of aliphatic hydroxyl groups excluding tert-OH is 1. The molecule has 2 aromatic rings. The molecule has 1 aliphatic carbocycles. The first-order chi connectivity index (χ1) is 21.7. The standard InChI is InChI=1S/C37H55N3O5/c1-27-23-40(28(2)26-41)37(43)33-22-32(38-36(42)21-30-14-7-5-8-15-30)18-19-34(33)45-29(3)13-11-12-20-44-35(27)25-39(4)24-31-16-9-6-10-17-31/h5,7-8,14-15,18-19,22,27-29,31,35,41H,6,9-13,16-17,20-21,23-26H2,1-4H3,(H,38,42)/t27-,28-,29-,35+/m1/s1. The number of benzene rings is 2. The van der Waals surface area contributed by atoms with Crippen LogP contribution in [0.15, 0.2) is 48.5 Å². The third-order valence-electron chi connectivity index (χ3n) is 9.33. The number of carbonyl (C=O) groups excluding carboxylic acids is 2. The van der Waals surface area contributed by atoms with E-state index in [1.165, 1.54) is 32.1 Å². The number of amides is 2. The predicted octanol–water partition coefficient (Wildman–Crippen LogP) is 6.18. The Kier molecular flexibility index (Phi) is 13.7. The van der Waals surface area contributed by atoms with Crippen LogP contribution in [0, 0.1) is 11.8 Å². The highest BCUT2D eigenvalue weighted by molar-refractivity contribution is 6.00. The second-order valence-corrected chi connectivity index (χ2v) is 13.4. The van der Waals surface area contributed by atoms with Gasteiger partial charge < -0.3 is 29.7 Å². The normalized spacial score (nSPS) is 23.1. The van der Waals surface area contributed by atoms with Gasteiger partial charge in [-0.2, -0.15) is 0 Å². The molecule has 2 N–H and O–H groups in total. The number of nitrogens with one attached hydrogen (secondary N) is 1. The van der Waals surface area contributed by atoms with E-state index < -0.39 is 6.04 Å². The van der Waals surface area contributed by atoms with Gasteiger partial charge in [0.1, 0.15) is 5.75 Å². The minimum absolute atomic E-state index is 0.0387. The molecule has 45 heavy (non-hydrogen) atoms. The van der Waals surface area contributed by atoms with E-state index >= 15 is 0 Å². The van der Waals surface area contributed by atoms with Gasteiger partial charge >= 0.3 is 0 Å². The molecule has 248 valence electrons. The summed E-state index contributed by atoms with van der Waals surface area (Å²) in [5.41, 5.74) is 1.84. The fraction of sp³-hybridized carbons (Fsp3) is 0.622. The molecule has 1 fully saturated rings. The van der Waals surface area contributed by atoms with Crippen molar-refractivity contribution in [2.24, 2.45) is 11.8 Å². The number of fused-ring (bicyclic) bond motifs is 1. The van der Waals surface area contributed by atoms with Gasteiger partial charge in [0.15, 0.2) is 0 Å². The van der Waals surface area contributed by atoms with Gasteiger partial charge in [0.05, 0.1) is 36.8 Å². The van der Waals surface area contributed by atoms with Crippen molar-refractivity contribution in [3.8, 4) is 5.75 Å². The summed E-state index contributed by atoms with van der Waals surface area (Å²) in [6, 6.07) is 14.5. The van der Waals surface area contributed by atoms with Crippen molar-refractivity contribution in [2.45, 2.75) is 96.8 Å². The number of hydrogen-bond donors (Lipinski definition) is 2. The Labute approximate surface area is 270 Å². The maximum atomic E-state index is 14.4. The first-order valence-electron chi connectivity index (χ1n) is 17.1. The highest BCUT2D eigenvalue weighted by Crippen LogP contribution is 2.29. The van der Waals surface area contributed by atoms with Crippen LogP contribution in [0.3, 0.4) is 0 Å². The number of ether oxygens (including phenoxy) is 2. The smallest absolute Gasteiger partial charge is 0.258 e. The van der Waals surface area contributed by atoms with E-state index in [9.17, 15) is 14.7 Å². The number of carbonyl (C=O) groups is 2. The molecule has 4 rings (SSSR count). The molecule has 2 aliphatic rings. The number of nitrogens with zero attached hydrogens (tertiary/aromatic N) is 2. The molecular formula is C37H55N3O5. The first kappa shape index (κ1) is 34.9. The summed E-state index contributed by atoms with van der Waals surface area (Å²) in [6.45, 7) is 8.86. The Morgan fingerprint density at radius 3 is 2.49 bits per heavy atom. The van der Waals surface area contributed by atoms with Crippen LogP contribution in [0.1, 0.15) is 88.1 Å². The number of rotatable bonds is 9. The molecule has 1 heterocycles. The molecule has 1 saturated carbocycles. The maximum Gasteiger partial charge on any atom is 0.258 e. The largest absolute Gasteiger partial charge is 0.490 e. The second kappa shape index (κ2) is 17.7. The summed E-state index contributed by atoms with van der Waals surface area (Å²) in [4.78, 5) is 31.4. The molecule has 0 unspecified atom stereocenters. The number of aliphatic hydroxyl groups is 1. The van der Waals surface area contributed by atoms with Crippen LogP contribution in [0.25, 0.3) is 0 Å². The van der Waals surface area contributed by atoms with Gasteiger partial charge in [-0.05, 0) is 82.7 Å². The molecule has 0 radical (unpaired) electrons. The molecule has 2 aromatic carbocycles. The quantitative estimate of drug-likeness (QED) is 0.348. The van der Waals surface area contributed by atoms with Crippen molar-refractivity contribution >= 4 is 17.5 Å². The minimum Gasteiger partial charge on any atom is -0.490 e. The first-order valence-corrected chi connectivity index (χ1v) is 17.1. The van der Waals surface area contributed by atoms with Crippen LogP contribution in [0.5, 0.6) is 5.75 Å². The number of likely N-dealkylation sites (N-methyl/N-ethyl adjacent to an activating group) is 1. The van der Waals surface area contributed by atoms with E-state index in [1.54, 1.807) is 23.1 Å². The average molecular weight is 622 g/mol. The van der Waals surface area contributed by atoms with Crippen molar-refractivity contribution in [3.63, 3.8) is 0 Å². The van der Waals surface area contributed by atoms with Crippen LogP contribution < -0.4 is 10.1 Å². The monoisotopic (exact) mass is 621 g/mol. The second-order valence-electron chi connectivity index (χ2n) is 13.4. The van der Waals surface area contributed by atoms with Gasteiger partial charge in [0.2, 0.25) is 5.91 Å². The zero-order chi connectivity index (χ0) is 32.2. The lowest BCUT2D eigenvalue weighted by Crippen LogP contribution is -2.47. The molecule has 2 amide bonds. The van der Waals surface area contributed by atoms with Gasteiger partial charge in [-0.25, -0.2) is 0 Å². The summed E-state index contributed by atoms with van der Waals surface area (Å²) in [5.74, 6) is 0.891. The SMILES string of the molecule is C[C@@H]1CCCCO[C@@H](CN(C)CC2CCCCC2)[C@H](C)CN([C@H](C)CO)C(=O)c2cc(NC(=O)Cc3ccccc3)ccc2O1. The predicted molar refractivity (Wildman–Crippen MR) is 180 cm³/mol. The van der Waals surface area contributed by atoms with Crippen molar-refractivity contribution in [3.05, 3.63) is 59.7 Å². The van der Waals surface area contributed by atoms with Crippen LogP contribution in [0.4, 0.5) is 5.69 Å². The molecule has 0 aromatic heterocycles. The summed E-state index contributed by atoms with van der Waals surface area (Å²) < 4.78 is 12.9. The number of hydrogen-bond acceptors (Lipinski definition) is 6. The third kappa shape index (κ3) is 10.8. The summed E-state index contributed by atoms with van der Waals surface area (Å²) in [5, 5.41) is 13.2. The molecule has 4 atom stereocenters. The summed E-state index contributed by atoms with van der Waals surface area (Å²) in [6.07, 6.45) is 9.45. The van der Waals surface area contributed by atoms with E-state index in [-0.39, 0.29) is 43.0 Å². The lowest BCUT2D eigenvalue weighted by molar-refractivity contribution is -0.115. The highest BCUT2D eigenvalue weighted by atomic mass is 16.5. The third-order valence-corrected chi connectivity index (χ3v) is 9.33. The zero-order valence-electron chi connectivity index (χ0n) is 27.9. The Morgan fingerprint density at radius 1 is 1.02 bits per heavy atom. The van der Waals surface area contributed by atoms with Crippen LogP contribution in [-0.2, 0) is 16.0 Å². The summed E-state index contributed by atoms with van der Waals surface area (Å²) >= 11 is 0. The molecule has 1 aliphatic heterocycles. The fourth-order valence-corrected chi connectivity index (χ4v) is 6.64. The van der Waals surface area contributed by atoms with Crippen molar-refractivity contribution < 1.29 is 24.2 Å². The van der Waals surface area contributed by atoms with Crippen LogP contribution >= 0.6 is 0 Å². The van der Waals surface area contributed by atoms with Crippen molar-refractivity contribution in [1.29, 1.82) is 0 Å². The minimum atomic E-state index is -0.407. The van der Waals surface area contributed by atoms with Crippen LogP contribution in [-0.4, -0.2) is 84.9 Å². The van der Waals surface area contributed by atoms with E-state index in [0.29, 0.717) is 30.2 Å². The Morgan fingerprint density at radius 2 is 1.76 bits per heavy atom. The van der Waals surface area contributed by atoms with Crippen molar-refractivity contribution in [1.82, 2.24) is 9.80 Å². The lowest BCUT2D eigenvalue weighted by Gasteiger charge is -2.36. The van der Waals surface area contributed by atoms with E-state index in [1.807, 2.05) is 44.2 Å². The van der Waals surface area contributed by atoms with Gasteiger partial charge in [-0.15, -0.1) is 0 Å². The molecule has 0 spiro atoms. The fourth-order valence-electron chi connectivity index (χ4n) is 6.64. The Bertz CT molecular complexity index is 1200. The molecule has 8 heteroatoms. The average Bonchev–Trinajstić information content (AvgIpc) is 3.03. The molecular weight excluding hydrogens is 566 g/mol. The molecule has 8 nitrogen and oxygen atoms in total. The van der Waals surface area contributed by atoms with E-state index in [4.69, 9.17) is 9.47 Å². The van der Waals surface area contributed by atoms with E-state index in [0.717, 1.165) is 43.8 Å². The lowest BCUT2D eigenvalue weighted by atomic mass is 9.89. The highest BCUT2D eigenvalue weighted by Gasteiger charge is 2.31. The van der Waals surface area contributed by atoms with Gasteiger partial charge in [0, 0.05) is 37.8 Å². The Balaban J connectivity index is 1.56. The topological polar surface area (TPSA) is 91.3 Å². The van der Waals surface area contributed by atoms with E-state index in [2.05, 4.69) is 24.2 Å². The van der Waals surface area contributed by atoms with Crippen molar-refractivity contribution in [2.75, 3.05) is 45.2 Å². The van der Waals surface area contributed by atoms with Gasteiger partial charge in [-0.1, -0.05) is 56.5 Å². The molecule has 0 saturated heterocycles. The van der Waals surface area contributed by atoms with Crippen LogP contribution in [0.2, 0.25) is 0 Å². The molecule has 0 bridgehead atoms.